The van der Waals surface area contributed by atoms with Crippen molar-refractivity contribution in [2.75, 3.05) is 5.32 Å². The van der Waals surface area contributed by atoms with E-state index in [2.05, 4.69) is 31.4 Å². The van der Waals surface area contributed by atoms with Crippen molar-refractivity contribution in [1.29, 1.82) is 0 Å². The molecule has 0 unspecified atom stereocenters. The van der Waals surface area contributed by atoms with Crippen LogP contribution in [0.1, 0.15) is 20.8 Å². The number of nitrogens with zero attached hydrogens (tertiary/aromatic N) is 2. The van der Waals surface area contributed by atoms with Gasteiger partial charge < -0.3 is 4.74 Å². The van der Waals surface area contributed by atoms with Gasteiger partial charge in [-0.05, 0) is 39.0 Å². The summed E-state index contributed by atoms with van der Waals surface area (Å²) in [5, 5.41) is 11.1. The molecule has 0 saturated carbocycles. The first-order valence-electron chi connectivity index (χ1n) is 6.03. The summed E-state index contributed by atoms with van der Waals surface area (Å²) < 4.78 is 19.1. The number of anilines is 1. The van der Waals surface area contributed by atoms with Crippen LogP contribution in [0.4, 0.5) is 14.3 Å². The highest BCUT2D eigenvalue weighted by Gasteiger charge is 2.18. The van der Waals surface area contributed by atoms with Gasteiger partial charge in [0, 0.05) is 10.0 Å². The van der Waals surface area contributed by atoms with Gasteiger partial charge in [0.2, 0.25) is 5.13 Å². The predicted octanol–water partition coefficient (Wildman–Crippen LogP) is 4.45. The standard InChI is InChI=1S/C13H13BrFN3O2S/c1-13(2,3)20-12(19)16-11-18-17-10(21-11)7-4-8(14)6-9(15)5-7/h4-6H,1-3H3,(H,16,18,19). The molecular formula is C13H13BrFN3O2S. The SMILES string of the molecule is CC(C)(C)OC(=O)Nc1nnc(-c2cc(F)cc(Br)c2)s1. The molecule has 21 heavy (non-hydrogen) atoms. The molecule has 2 rings (SSSR count). The Morgan fingerprint density at radius 1 is 1.33 bits per heavy atom. The van der Waals surface area contributed by atoms with E-state index in [1.165, 1.54) is 12.1 Å². The summed E-state index contributed by atoms with van der Waals surface area (Å²) in [4.78, 5) is 11.6. The summed E-state index contributed by atoms with van der Waals surface area (Å²) in [7, 11) is 0. The van der Waals surface area contributed by atoms with Gasteiger partial charge >= 0.3 is 6.09 Å². The van der Waals surface area contributed by atoms with Crippen molar-refractivity contribution in [2.45, 2.75) is 26.4 Å². The number of hydrogen-bond acceptors (Lipinski definition) is 5. The van der Waals surface area contributed by atoms with E-state index in [0.717, 1.165) is 11.3 Å². The lowest BCUT2D eigenvalue weighted by atomic mass is 10.2. The van der Waals surface area contributed by atoms with E-state index in [1.807, 2.05) is 0 Å². The van der Waals surface area contributed by atoms with Crippen LogP contribution in [0.25, 0.3) is 10.6 Å². The molecule has 0 spiro atoms. The maximum Gasteiger partial charge on any atom is 0.414 e. The summed E-state index contributed by atoms with van der Waals surface area (Å²) in [5.74, 6) is -0.378. The van der Waals surface area contributed by atoms with Crippen molar-refractivity contribution in [3.8, 4) is 10.6 Å². The number of nitrogens with one attached hydrogen (secondary N) is 1. The maximum atomic E-state index is 13.4. The monoisotopic (exact) mass is 373 g/mol. The highest BCUT2D eigenvalue weighted by Crippen LogP contribution is 2.29. The Balaban J connectivity index is 2.13. The molecule has 2 aromatic rings. The van der Waals surface area contributed by atoms with E-state index in [0.29, 0.717) is 20.2 Å². The molecule has 1 aromatic carbocycles. The minimum absolute atomic E-state index is 0.291. The topological polar surface area (TPSA) is 64.1 Å². The van der Waals surface area contributed by atoms with Crippen molar-refractivity contribution in [3.63, 3.8) is 0 Å². The summed E-state index contributed by atoms with van der Waals surface area (Å²) in [6, 6.07) is 4.42. The number of ether oxygens (including phenoxy) is 1. The quantitative estimate of drug-likeness (QED) is 0.843. The molecule has 5 nitrogen and oxygen atoms in total. The average Bonchev–Trinajstić information content (AvgIpc) is 2.73. The third kappa shape index (κ3) is 4.75. The molecule has 0 saturated heterocycles. The zero-order chi connectivity index (χ0) is 15.6. The molecule has 1 N–H and O–H groups in total. The fourth-order valence-electron chi connectivity index (χ4n) is 1.46. The summed E-state index contributed by atoms with van der Waals surface area (Å²) in [5.41, 5.74) is -0.0120. The van der Waals surface area contributed by atoms with E-state index in [1.54, 1.807) is 26.8 Å². The lowest BCUT2D eigenvalue weighted by molar-refractivity contribution is 0.0636. The van der Waals surface area contributed by atoms with Gasteiger partial charge in [-0.2, -0.15) is 0 Å². The minimum atomic E-state index is -0.606. The van der Waals surface area contributed by atoms with Gasteiger partial charge in [0.15, 0.2) is 0 Å². The van der Waals surface area contributed by atoms with Gasteiger partial charge in [0.25, 0.3) is 0 Å². The number of halogens is 2. The Labute approximate surface area is 133 Å². The average molecular weight is 374 g/mol. The third-order valence-corrected chi connectivity index (χ3v) is 3.49. The molecule has 1 heterocycles. The fraction of sp³-hybridized carbons (Fsp3) is 0.308. The van der Waals surface area contributed by atoms with Gasteiger partial charge in [-0.1, -0.05) is 27.3 Å². The van der Waals surface area contributed by atoms with Gasteiger partial charge in [0.1, 0.15) is 16.4 Å². The third-order valence-electron chi connectivity index (χ3n) is 2.14. The molecule has 1 amide bonds. The highest BCUT2D eigenvalue weighted by atomic mass is 79.9. The normalized spacial score (nSPS) is 11.3. The summed E-state index contributed by atoms with van der Waals surface area (Å²) >= 11 is 4.35. The van der Waals surface area contributed by atoms with Crippen molar-refractivity contribution in [3.05, 3.63) is 28.5 Å². The second-order valence-electron chi connectivity index (χ2n) is 5.20. The van der Waals surface area contributed by atoms with Crippen LogP contribution in [0.15, 0.2) is 22.7 Å². The van der Waals surface area contributed by atoms with E-state index >= 15 is 0 Å². The molecule has 0 atom stereocenters. The first-order chi connectivity index (χ1) is 9.73. The molecule has 0 radical (unpaired) electrons. The predicted molar refractivity (Wildman–Crippen MR) is 82.9 cm³/mol. The smallest absolute Gasteiger partial charge is 0.414 e. The van der Waals surface area contributed by atoms with Crippen LogP contribution in [0.2, 0.25) is 0 Å². The molecule has 0 fully saturated rings. The number of benzene rings is 1. The molecule has 0 aliphatic heterocycles. The van der Waals surface area contributed by atoms with E-state index < -0.39 is 11.7 Å². The first-order valence-corrected chi connectivity index (χ1v) is 7.64. The lowest BCUT2D eigenvalue weighted by Crippen LogP contribution is -2.27. The molecule has 112 valence electrons. The molecule has 0 aliphatic carbocycles. The minimum Gasteiger partial charge on any atom is -0.444 e. The van der Waals surface area contributed by atoms with Gasteiger partial charge in [-0.25, -0.2) is 9.18 Å². The zero-order valence-corrected chi connectivity index (χ0v) is 14.0. The van der Waals surface area contributed by atoms with E-state index in [4.69, 9.17) is 4.74 Å². The van der Waals surface area contributed by atoms with Crippen LogP contribution in [-0.2, 0) is 4.74 Å². The second-order valence-corrected chi connectivity index (χ2v) is 7.09. The fourth-order valence-corrected chi connectivity index (χ4v) is 2.64. The van der Waals surface area contributed by atoms with Crippen LogP contribution in [0.3, 0.4) is 0 Å². The number of carbonyl (C=O) groups excluding carboxylic acids is 1. The van der Waals surface area contributed by atoms with Gasteiger partial charge in [0.05, 0.1) is 0 Å². The molecule has 0 aliphatic rings. The molecule has 1 aromatic heterocycles. The lowest BCUT2D eigenvalue weighted by Gasteiger charge is -2.18. The van der Waals surface area contributed by atoms with Crippen LogP contribution in [0, 0.1) is 5.82 Å². The number of amides is 1. The Hall–Kier alpha value is -1.54. The Bertz CT molecular complexity index is 649. The Kier molecular flexibility index (Phi) is 4.58. The van der Waals surface area contributed by atoms with Crippen LogP contribution < -0.4 is 5.32 Å². The van der Waals surface area contributed by atoms with Crippen molar-refractivity contribution in [2.24, 2.45) is 0 Å². The number of rotatable bonds is 2. The van der Waals surface area contributed by atoms with Gasteiger partial charge in [-0.3, -0.25) is 5.32 Å². The molecular weight excluding hydrogens is 361 g/mol. The number of aromatic nitrogens is 2. The number of hydrogen-bond donors (Lipinski definition) is 1. The van der Waals surface area contributed by atoms with Crippen molar-refractivity contribution in [1.82, 2.24) is 10.2 Å². The molecule has 8 heteroatoms. The first kappa shape index (κ1) is 15.8. The largest absolute Gasteiger partial charge is 0.444 e. The maximum absolute atomic E-state index is 13.4. The Morgan fingerprint density at radius 2 is 2.05 bits per heavy atom. The highest BCUT2D eigenvalue weighted by molar-refractivity contribution is 9.10. The summed E-state index contributed by atoms with van der Waals surface area (Å²) in [6.45, 7) is 5.30. The molecule has 0 bridgehead atoms. The van der Waals surface area contributed by atoms with Crippen molar-refractivity contribution >= 4 is 38.5 Å². The van der Waals surface area contributed by atoms with Crippen LogP contribution in [0.5, 0.6) is 0 Å². The van der Waals surface area contributed by atoms with Crippen molar-refractivity contribution < 1.29 is 13.9 Å². The second kappa shape index (κ2) is 6.07. The number of carbonyl (C=O) groups is 1. The summed E-state index contributed by atoms with van der Waals surface area (Å²) in [6.07, 6.45) is -0.606. The van der Waals surface area contributed by atoms with Gasteiger partial charge in [-0.15, -0.1) is 10.2 Å². The van der Waals surface area contributed by atoms with E-state index in [-0.39, 0.29) is 5.82 Å². The van der Waals surface area contributed by atoms with Crippen LogP contribution in [-0.4, -0.2) is 21.9 Å². The van der Waals surface area contributed by atoms with E-state index in [9.17, 15) is 9.18 Å². The van der Waals surface area contributed by atoms with Crippen LogP contribution >= 0.6 is 27.3 Å². The zero-order valence-electron chi connectivity index (χ0n) is 11.6. The Morgan fingerprint density at radius 3 is 2.67 bits per heavy atom.